The normalized spacial score (nSPS) is 15.4. The molecule has 3 aromatic carbocycles. The molecule has 1 heterocycles. The van der Waals surface area contributed by atoms with Gasteiger partial charge in [-0.2, -0.15) is 0 Å². The third-order valence-corrected chi connectivity index (χ3v) is 7.81. The van der Waals surface area contributed by atoms with Gasteiger partial charge in [-0.1, -0.05) is 36.4 Å². The summed E-state index contributed by atoms with van der Waals surface area (Å²) in [5.74, 6) is 0.749. The number of likely N-dealkylation sites (N-methyl/N-ethyl adjacent to an activating group) is 1. The third-order valence-electron chi connectivity index (χ3n) is 7.81. The minimum Gasteiger partial charge on any atom is -0.496 e. The van der Waals surface area contributed by atoms with Crippen LogP contribution < -0.4 is 25.6 Å². The van der Waals surface area contributed by atoms with E-state index in [0.717, 1.165) is 85.3 Å². The number of fused-ring (bicyclic) bond motifs is 1. The molecule has 40 heavy (non-hydrogen) atoms. The van der Waals surface area contributed by atoms with E-state index in [1.165, 1.54) is 5.56 Å². The Morgan fingerprint density at radius 1 is 1.12 bits per heavy atom. The van der Waals surface area contributed by atoms with Gasteiger partial charge in [-0.15, -0.1) is 0 Å². The molecule has 8 heteroatoms. The molecule has 0 radical (unpaired) electrons. The van der Waals surface area contributed by atoms with Gasteiger partial charge in [-0.25, -0.2) is 0 Å². The lowest BCUT2D eigenvalue weighted by atomic mass is 9.99. The molecule has 0 saturated carbocycles. The van der Waals surface area contributed by atoms with Gasteiger partial charge in [-0.3, -0.25) is 14.5 Å². The van der Waals surface area contributed by atoms with Crippen LogP contribution in [0.3, 0.4) is 0 Å². The van der Waals surface area contributed by atoms with E-state index in [1.807, 2.05) is 38.1 Å². The molecule has 3 aromatic rings. The smallest absolute Gasteiger partial charge is 0.237 e. The number of anilines is 1. The molecule has 0 aromatic heterocycles. The Labute approximate surface area is 238 Å². The molecule has 4 rings (SSSR count). The predicted molar refractivity (Wildman–Crippen MR) is 162 cm³/mol. The van der Waals surface area contributed by atoms with Crippen LogP contribution in [0.2, 0.25) is 0 Å². The number of nitrogens with one attached hydrogen (secondary N) is 3. The number of piperazine rings is 1. The van der Waals surface area contributed by atoms with Crippen molar-refractivity contribution in [2.45, 2.75) is 51.9 Å². The fourth-order valence-corrected chi connectivity index (χ4v) is 5.30. The molecule has 0 spiro atoms. The van der Waals surface area contributed by atoms with Gasteiger partial charge in [-0.05, 0) is 73.8 Å². The van der Waals surface area contributed by atoms with Crippen LogP contribution in [0, 0.1) is 0 Å². The number of nitrogens with zero attached hydrogens (tertiary/aromatic N) is 2. The van der Waals surface area contributed by atoms with E-state index in [4.69, 9.17) is 4.74 Å². The number of aryl methyl sites for hydroxylation is 1. The molecule has 1 aliphatic rings. The van der Waals surface area contributed by atoms with Crippen LogP contribution >= 0.6 is 0 Å². The summed E-state index contributed by atoms with van der Waals surface area (Å²) in [7, 11) is 3.45. The summed E-state index contributed by atoms with van der Waals surface area (Å²) in [5, 5.41) is 11.7. The van der Waals surface area contributed by atoms with Crippen molar-refractivity contribution < 1.29 is 14.3 Å². The number of hydrogen-bond acceptors (Lipinski definition) is 6. The Balaban J connectivity index is 1.54. The van der Waals surface area contributed by atoms with Gasteiger partial charge in [0, 0.05) is 50.0 Å². The minimum atomic E-state index is -0.242. The fourth-order valence-electron chi connectivity index (χ4n) is 5.30. The molecule has 2 amide bonds. The van der Waals surface area contributed by atoms with Crippen LogP contribution in [0.25, 0.3) is 10.8 Å². The largest absolute Gasteiger partial charge is 0.496 e. The number of carbonyl (C=O) groups excluding carboxylic acids is 2. The molecule has 1 saturated heterocycles. The van der Waals surface area contributed by atoms with E-state index in [2.05, 4.69) is 51.2 Å². The van der Waals surface area contributed by atoms with Crippen LogP contribution in [0.4, 0.5) is 5.69 Å². The van der Waals surface area contributed by atoms with E-state index in [0.29, 0.717) is 6.54 Å². The summed E-state index contributed by atoms with van der Waals surface area (Å²) >= 11 is 0. The van der Waals surface area contributed by atoms with Gasteiger partial charge in [0.2, 0.25) is 12.3 Å². The molecule has 0 bridgehead atoms. The van der Waals surface area contributed by atoms with E-state index < -0.39 is 0 Å². The zero-order valence-electron chi connectivity index (χ0n) is 24.2. The number of hydrogen-bond donors (Lipinski definition) is 3. The maximum Gasteiger partial charge on any atom is 0.237 e. The summed E-state index contributed by atoms with van der Waals surface area (Å²) in [6.07, 6.45) is 2.40. The lowest BCUT2D eigenvalue weighted by Gasteiger charge is -2.27. The van der Waals surface area contributed by atoms with E-state index >= 15 is 0 Å². The highest BCUT2D eigenvalue weighted by atomic mass is 16.5. The molecule has 1 aliphatic heterocycles. The van der Waals surface area contributed by atoms with Crippen molar-refractivity contribution in [1.29, 1.82) is 0 Å². The maximum absolute atomic E-state index is 12.5. The van der Waals surface area contributed by atoms with Crippen LogP contribution in [0.1, 0.15) is 37.0 Å². The van der Waals surface area contributed by atoms with Gasteiger partial charge < -0.3 is 25.6 Å². The number of methoxy groups -OCH3 is 1. The summed E-state index contributed by atoms with van der Waals surface area (Å²) in [6.45, 7) is 9.34. The number of amides is 2. The highest BCUT2D eigenvalue weighted by Gasteiger charge is 2.18. The fraction of sp³-hybridized carbons (Fsp3) is 0.438. The number of ether oxygens (including phenoxy) is 1. The highest BCUT2D eigenvalue weighted by Crippen LogP contribution is 2.32. The Morgan fingerprint density at radius 2 is 1.90 bits per heavy atom. The number of rotatable bonds is 13. The molecule has 3 N–H and O–H groups in total. The zero-order valence-corrected chi connectivity index (χ0v) is 24.2. The van der Waals surface area contributed by atoms with Gasteiger partial charge >= 0.3 is 0 Å². The SMILES string of the molecule is CN[C@@H](C)C(=O)NC(C)CCc1ccccc1N(C=O)Cc1c(OC)ccc2cc(CN3CCNCC3)ccc12. The first kappa shape index (κ1) is 29.5. The monoisotopic (exact) mass is 545 g/mol. The van der Waals surface area contributed by atoms with E-state index in [9.17, 15) is 9.59 Å². The van der Waals surface area contributed by atoms with Crippen molar-refractivity contribution in [3.8, 4) is 5.75 Å². The molecular formula is C32H43N5O3. The Morgan fingerprint density at radius 3 is 2.62 bits per heavy atom. The zero-order chi connectivity index (χ0) is 28.5. The molecule has 0 aliphatic carbocycles. The third kappa shape index (κ3) is 7.38. The first-order valence-corrected chi connectivity index (χ1v) is 14.2. The summed E-state index contributed by atoms with van der Waals surface area (Å²) in [6, 6.07) is 18.5. The molecule has 8 nitrogen and oxygen atoms in total. The van der Waals surface area contributed by atoms with Crippen LogP contribution in [-0.4, -0.2) is 69.6 Å². The van der Waals surface area contributed by atoms with Gasteiger partial charge in [0.05, 0.1) is 19.7 Å². The Hall–Kier alpha value is -3.46. The summed E-state index contributed by atoms with van der Waals surface area (Å²) in [4.78, 5) is 29.0. The topological polar surface area (TPSA) is 85.9 Å². The van der Waals surface area contributed by atoms with Gasteiger partial charge in [0.1, 0.15) is 5.75 Å². The minimum absolute atomic E-state index is 0.00888. The average Bonchev–Trinajstić information content (AvgIpc) is 2.98. The van der Waals surface area contributed by atoms with Crippen LogP contribution in [0.5, 0.6) is 5.75 Å². The molecule has 1 unspecified atom stereocenters. The highest BCUT2D eigenvalue weighted by molar-refractivity contribution is 5.90. The molecular weight excluding hydrogens is 502 g/mol. The van der Waals surface area contributed by atoms with Gasteiger partial charge in [0.15, 0.2) is 0 Å². The van der Waals surface area contributed by atoms with Crippen LogP contribution in [-0.2, 0) is 29.1 Å². The predicted octanol–water partition coefficient (Wildman–Crippen LogP) is 3.46. The summed E-state index contributed by atoms with van der Waals surface area (Å²) in [5.41, 5.74) is 4.20. The van der Waals surface area contributed by atoms with Crippen molar-refractivity contribution >= 4 is 28.8 Å². The van der Waals surface area contributed by atoms with Crippen molar-refractivity contribution in [3.05, 3.63) is 71.3 Å². The summed E-state index contributed by atoms with van der Waals surface area (Å²) < 4.78 is 5.76. The van der Waals surface area contributed by atoms with Crippen molar-refractivity contribution in [2.75, 3.05) is 45.2 Å². The van der Waals surface area contributed by atoms with Crippen molar-refractivity contribution in [3.63, 3.8) is 0 Å². The quantitative estimate of drug-likeness (QED) is 0.285. The second-order valence-corrected chi connectivity index (χ2v) is 10.6. The van der Waals surface area contributed by atoms with E-state index in [-0.39, 0.29) is 18.0 Å². The Bertz CT molecular complexity index is 1290. The molecule has 214 valence electrons. The number of benzene rings is 3. The first-order chi connectivity index (χ1) is 19.4. The van der Waals surface area contributed by atoms with Crippen molar-refractivity contribution in [1.82, 2.24) is 20.9 Å². The number of carbonyl (C=O) groups is 2. The Kier molecular flexibility index (Phi) is 10.5. The number of para-hydroxylation sites is 1. The lowest BCUT2D eigenvalue weighted by Crippen LogP contribution is -2.44. The van der Waals surface area contributed by atoms with E-state index in [1.54, 1.807) is 19.1 Å². The molecule has 2 atom stereocenters. The second kappa shape index (κ2) is 14.3. The maximum atomic E-state index is 12.5. The first-order valence-electron chi connectivity index (χ1n) is 14.2. The molecule has 1 fully saturated rings. The lowest BCUT2D eigenvalue weighted by molar-refractivity contribution is -0.123. The van der Waals surface area contributed by atoms with Crippen LogP contribution in [0.15, 0.2) is 54.6 Å². The average molecular weight is 546 g/mol. The standard InChI is InChI=1S/C32H43N5O3/c1-23(35-32(39)24(2)33-3)9-11-26-7-5-6-8-30(26)37(22-38)21-29-28-13-10-25(20-36-17-15-34-16-18-36)19-27(28)12-14-31(29)40-4/h5-8,10,12-14,19,22-24,33-34H,9,11,15-18,20-21H2,1-4H3,(H,35,39)/t23?,24-/m0/s1. The van der Waals surface area contributed by atoms with Crippen molar-refractivity contribution in [2.24, 2.45) is 0 Å². The van der Waals surface area contributed by atoms with Gasteiger partial charge in [0.25, 0.3) is 0 Å². The second-order valence-electron chi connectivity index (χ2n) is 10.6.